The second-order valence-corrected chi connectivity index (χ2v) is 10.3. The van der Waals surface area contributed by atoms with Gasteiger partial charge in [0.15, 0.2) is 9.84 Å². The fourth-order valence-electron chi connectivity index (χ4n) is 3.96. The maximum atomic E-state index is 13.0. The number of nitrogens with one attached hydrogen (secondary N) is 1. The van der Waals surface area contributed by atoms with E-state index in [-0.39, 0.29) is 16.7 Å². The van der Waals surface area contributed by atoms with Crippen LogP contribution in [0.5, 0.6) is 0 Å². The van der Waals surface area contributed by atoms with Gasteiger partial charge in [-0.1, -0.05) is 35.9 Å². The van der Waals surface area contributed by atoms with Gasteiger partial charge in [-0.25, -0.2) is 8.42 Å². The maximum Gasteiger partial charge on any atom is 0.416 e. The van der Waals surface area contributed by atoms with Gasteiger partial charge >= 0.3 is 6.18 Å². The first-order valence-corrected chi connectivity index (χ1v) is 11.6. The number of halogens is 4. The van der Waals surface area contributed by atoms with Crippen molar-refractivity contribution in [1.82, 2.24) is 4.98 Å². The molecule has 3 nitrogen and oxygen atoms in total. The summed E-state index contributed by atoms with van der Waals surface area (Å²) in [5.41, 5.74) is 2.23. The van der Waals surface area contributed by atoms with E-state index in [2.05, 4.69) is 4.98 Å². The van der Waals surface area contributed by atoms with Crippen molar-refractivity contribution < 1.29 is 21.6 Å². The third kappa shape index (κ3) is 4.16. The number of para-hydroxylation sites is 1. The first-order chi connectivity index (χ1) is 13.5. The molecule has 4 rings (SSSR count). The lowest BCUT2D eigenvalue weighted by atomic mass is 9.86. The zero-order valence-corrected chi connectivity index (χ0v) is 17.1. The predicted octanol–water partition coefficient (Wildman–Crippen LogP) is 5.93. The second kappa shape index (κ2) is 7.06. The summed E-state index contributed by atoms with van der Waals surface area (Å²) in [6.07, 6.45) is 0.506. The van der Waals surface area contributed by atoms with Gasteiger partial charge < -0.3 is 4.98 Å². The van der Waals surface area contributed by atoms with Crippen LogP contribution in [0.4, 0.5) is 13.2 Å². The van der Waals surface area contributed by atoms with Crippen molar-refractivity contribution in [2.24, 2.45) is 5.92 Å². The Morgan fingerprint density at radius 3 is 2.48 bits per heavy atom. The molecule has 1 aromatic heterocycles. The highest BCUT2D eigenvalue weighted by atomic mass is 35.5. The molecule has 29 heavy (non-hydrogen) atoms. The molecule has 8 heteroatoms. The van der Waals surface area contributed by atoms with E-state index in [4.69, 9.17) is 11.6 Å². The number of fused-ring (bicyclic) bond motifs is 1. The van der Waals surface area contributed by atoms with Crippen LogP contribution in [-0.4, -0.2) is 19.7 Å². The summed E-state index contributed by atoms with van der Waals surface area (Å²) in [6.45, 7) is 0. The number of benzene rings is 2. The lowest BCUT2D eigenvalue weighted by molar-refractivity contribution is -0.137. The molecule has 1 aliphatic carbocycles. The third-order valence-electron chi connectivity index (χ3n) is 5.34. The molecule has 1 fully saturated rings. The minimum absolute atomic E-state index is 0.0839. The first kappa shape index (κ1) is 20.3. The summed E-state index contributed by atoms with van der Waals surface area (Å²) in [6, 6.07) is 8.99. The van der Waals surface area contributed by atoms with Crippen LogP contribution in [0.1, 0.15) is 41.0 Å². The predicted molar refractivity (Wildman–Crippen MR) is 108 cm³/mol. The van der Waals surface area contributed by atoms with E-state index in [1.54, 1.807) is 12.1 Å². The fraction of sp³-hybridized carbons (Fsp3) is 0.333. The minimum Gasteiger partial charge on any atom is -0.361 e. The Kier molecular flexibility index (Phi) is 4.94. The van der Waals surface area contributed by atoms with Crippen LogP contribution in [0.3, 0.4) is 0 Å². The van der Waals surface area contributed by atoms with Crippen LogP contribution in [0.2, 0.25) is 5.02 Å². The molecule has 2 aromatic carbocycles. The Balaban J connectivity index is 1.82. The summed E-state index contributed by atoms with van der Waals surface area (Å²) < 4.78 is 62.6. The van der Waals surface area contributed by atoms with Crippen LogP contribution in [0, 0.1) is 5.92 Å². The summed E-state index contributed by atoms with van der Waals surface area (Å²) in [7, 11) is -3.21. The highest BCUT2D eigenvalue weighted by molar-refractivity contribution is 7.89. The van der Waals surface area contributed by atoms with Crippen molar-refractivity contribution >= 4 is 32.3 Å². The Morgan fingerprint density at radius 2 is 1.90 bits per heavy atom. The summed E-state index contributed by atoms with van der Waals surface area (Å²) >= 11 is 6.30. The zero-order valence-electron chi connectivity index (χ0n) is 15.6. The lowest BCUT2D eigenvalue weighted by Crippen LogP contribution is -2.08. The number of rotatable bonds is 5. The van der Waals surface area contributed by atoms with E-state index in [1.165, 1.54) is 12.3 Å². The lowest BCUT2D eigenvalue weighted by Gasteiger charge is -2.19. The van der Waals surface area contributed by atoms with Crippen molar-refractivity contribution in [1.29, 1.82) is 0 Å². The minimum atomic E-state index is -4.45. The van der Waals surface area contributed by atoms with Crippen molar-refractivity contribution in [2.45, 2.75) is 30.7 Å². The molecule has 1 heterocycles. The van der Waals surface area contributed by atoms with Crippen LogP contribution in [0.25, 0.3) is 10.9 Å². The molecule has 1 aliphatic rings. The molecule has 0 saturated heterocycles. The van der Waals surface area contributed by atoms with Crippen molar-refractivity contribution in [2.75, 3.05) is 6.26 Å². The fourth-order valence-corrected chi connectivity index (χ4v) is 5.06. The van der Waals surface area contributed by atoms with Crippen LogP contribution >= 0.6 is 11.6 Å². The van der Waals surface area contributed by atoms with Gasteiger partial charge in [0.25, 0.3) is 0 Å². The Hall–Kier alpha value is -1.99. The smallest absolute Gasteiger partial charge is 0.361 e. The van der Waals surface area contributed by atoms with Gasteiger partial charge in [-0.05, 0) is 47.6 Å². The molecule has 0 amide bonds. The van der Waals surface area contributed by atoms with E-state index < -0.39 is 21.6 Å². The number of aromatic amines is 1. The number of hydrogen-bond acceptors (Lipinski definition) is 2. The quantitative estimate of drug-likeness (QED) is 0.533. The number of aromatic nitrogens is 1. The molecule has 1 N–H and O–H groups in total. The van der Waals surface area contributed by atoms with Gasteiger partial charge in [0, 0.05) is 34.3 Å². The molecule has 0 aliphatic heterocycles. The molecule has 1 unspecified atom stereocenters. The summed E-state index contributed by atoms with van der Waals surface area (Å²) in [5.74, 6) is 0.0631. The van der Waals surface area contributed by atoms with Gasteiger partial charge in [-0.3, -0.25) is 0 Å². The van der Waals surface area contributed by atoms with Crippen molar-refractivity contribution in [3.05, 3.63) is 69.9 Å². The zero-order chi connectivity index (χ0) is 21.0. The van der Waals surface area contributed by atoms with E-state index in [1.807, 2.05) is 12.3 Å². The monoisotopic (exact) mass is 441 g/mol. The van der Waals surface area contributed by atoms with Crippen LogP contribution < -0.4 is 0 Å². The van der Waals surface area contributed by atoms with E-state index >= 15 is 0 Å². The number of H-pyrrole nitrogens is 1. The van der Waals surface area contributed by atoms with Gasteiger partial charge in [-0.2, -0.15) is 13.2 Å². The maximum absolute atomic E-state index is 13.0. The third-order valence-corrected chi connectivity index (χ3v) is 6.51. The largest absolute Gasteiger partial charge is 0.416 e. The number of sulfone groups is 1. The van der Waals surface area contributed by atoms with Gasteiger partial charge in [0.1, 0.15) is 0 Å². The van der Waals surface area contributed by atoms with E-state index in [0.29, 0.717) is 17.0 Å². The van der Waals surface area contributed by atoms with E-state index in [9.17, 15) is 21.6 Å². The molecule has 3 aromatic rings. The highest BCUT2D eigenvalue weighted by Crippen LogP contribution is 2.50. The molecule has 1 atom stereocenters. The average Bonchev–Trinajstić information content (AvgIpc) is 3.34. The van der Waals surface area contributed by atoms with Gasteiger partial charge in [0.2, 0.25) is 0 Å². The number of hydrogen-bond donors (Lipinski definition) is 1. The molecular weight excluding hydrogens is 423 g/mol. The van der Waals surface area contributed by atoms with Crippen molar-refractivity contribution in [3.8, 4) is 0 Å². The van der Waals surface area contributed by atoms with Crippen LogP contribution in [-0.2, 0) is 21.8 Å². The van der Waals surface area contributed by atoms with Gasteiger partial charge in [0.05, 0.1) is 11.3 Å². The molecule has 154 valence electrons. The Bertz CT molecular complexity index is 1180. The molecule has 0 radical (unpaired) electrons. The second-order valence-electron chi connectivity index (χ2n) is 7.70. The SMILES string of the molecule is CS(=O)(=O)Cc1cccc2c(C(c3ccc(C(F)(F)F)cc3Cl)C3CC3)c[nH]c12. The normalized spacial score (nSPS) is 16.3. The Morgan fingerprint density at radius 1 is 1.17 bits per heavy atom. The standard InChI is InChI=1S/C21H19ClF3NO2S/c1-29(27,28)11-13-3-2-4-15-17(10-26-20(13)15)19(12-5-6-12)16-8-7-14(9-18(16)22)21(23,24)25/h2-4,7-10,12,19,26H,5-6,11H2,1H3. The number of alkyl halides is 3. The average molecular weight is 442 g/mol. The Labute approximate surface area is 171 Å². The molecule has 1 saturated carbocycles. The summed E-state index contributed by atoms with van der Waals surface area (Å²) in [5, 5.41) is 0.970. The first-order valence-electron chi connectivity index (χ1n) is 9.18. The molecular formula is C21H19ClF3NO2S. The summed E-state index contributed by atoms with van der Waals surface area (Å²) in [4.78, 5) is 3.18. The van der Waals surface area contributed by atoms with Crippen LogP contribution in [0.15, 0.2) is 42.6 Å². The molecule has 0 bridgehead atoms. The van der Waals surface area contributed by atoms with Gasteiger partial charge in [-0.15, -0.1) is 0 Å². The van der Waals surface area contributed by atoms with E-state index in [0.717, 1.165) is 41.4 Å². The highest BCUT2D eigenvalue weighted by Gasteiger charge is 2.37. The topological polar surface area (TPSA) is 49.9 Å². The van der Waals surface area contributed by atoms with Crippen molar-refractivity contribution in [3.63, 3.8) is 0 Å². The molecule has 0 spiro atoms.